The second-order valence-corrected chi connectivity index (χ2v) is 8.55. The third-order valence-corrected chi connectivity index (χ3v) is 7.02. The molecular formula is C21H20N6S. The van der Waals surface area contributed by atoms with E-state index in [1.807, 2.05) is 29.5 Å². The van der Waals surface area contributed by atoms with Crippen LogP contribution in [0.5, 0.6) is 0 Å². The monoisotopic (exact) mass is 388 g/mol. The van der Waals surface area contributed by atoms with Crippen molar-refractivity contribution in [3.63, 3.8) is 0 Å². The lowest BCUT2D eigenvalue weighted by molar-refractivity contribution is 0.560. The molecule has 0 saturated heterocycles. The van der Waals surface area contributed by atoms with Crippen molar-refractivity contribution in [2.45, 2.75) is 38.8 Å². The third kappa shape index (κ3) is 2.46. The predicted molar refractivity (Wildman–Crippen MR) is 111 cm³/mol. The van der Waals surface area contributed by atoms with Crippen molar-refractivity contribution in [1.82, 2.24) is 24.7 Å². The standard InChI is InChI=1S/C21H20N6S/c1-2-6-14(7-3-1)19-25-24-17-12-26(10-11-27(17)19)20-18-15-8-4-5-9-16(15)28-21(18)23-13-22-20/h1-3,6-7,13H,4-5,8-12H2. The van der Waals surface area contributed by atoms with Crippen LogP contribution in [0.4, 0.5) is 5.82 Å². The van der Waals surface area contributed by atoms with E-state index >= 15 is 0 Å². The van der Waals surface area contributed by atoms with Crippen LogP contribution < -0.4 is 4.90 Å². The van der Waals surface area contributed by atoms with Crippen LogP contribution in [0.1, 0.15) is 29.1 Å². The van der Waals surface area contributed by atoms with Crippen LogP contribution in [0.25, 0.3) is 21.6 Å². The van der Waals surface area contributed by atoms with E-state index in [0.29, 0.717) is 0 Å². The van der Waals surface area contributed by atoms with Gasteiger partial charge >= 0.3 is 0 Å². The maximum atomic E-state index is 4.71. The summed E-state index contributed by atoms with van der Waals surface area (Å²) in [5.41, 5.74) is 2.60. The summed E-state index contributed by atoms with van der Waals surface area (Å²) in [5.74, 6) is 3.02. The highest BCUT2D eigenvalue weighted by atomic mass is 32.1. The zero-order chi connectivity index (χ0) is 18.5. The number of anilines is 1. The molecule has 6 rings (SSSR count). The fourth-order valence-electron chi connectivity index (χ4n) is 4.45. The van der Waals surface area contributed by atoms with Crippen LogP contribution in [0.2, 0.25) is 0 Å². The molecule has 28 heavy (non-hydrogen) atoms. The van der Waals surface area contributed by atoms with Crippen molar-refractivity contribution in [3.8, 4) is 11.4 Å². The molecule has 4 aromatic rings. The molecule has 1 aliphatic heterocycles. The maximum absolute atomic E-state index is 4.71. The van der Waals surface area contributed by atoms with Crippen LogP contribution in [0.3, 0.4) is 0 Å². The first-order valence-corrected chi connectivity index (χ1v) is 10.7. The molecule has 140 valence electrons. The Morgan fingerprint density at radius 3 is 2.75 bits per heavy atom. The summed E-state index contributed by atoms with van der Waals surface area (Å²) < 4.78 is 2.24. The number of hydrogen-bond donors (Lipinski definition) is 0. The lowest BCUT2D eigenvalue weighted by Gasteiger charge is -2.29. The van der Waals surface area contributed by atoms with Gasteiger partial charge in [-0.15, -0.1) is 21.5 Å². The number of aryl methyl sites for hydroxylation is 2. The summed E-state index contributed by atoms with van der Waals surface area (Å²) in [6, 6.07) is 10.3. The molecule has 3 aromatic heterocycles. The highest BCUT2D eigenvalue weighted by molar-refractivity contribution is 7.19. The quantitative estimate of drug-likeness (QED) is 0.522. The minimum Gasteiger partial charge on any atom is -0.347 e. The number of benzene rings is 1. The fraction of sp³-hybridized carbons (Fsp3) is 0.333. The average molecular weight is 389 g/mol. The number of aromatic nitrogens is 5. The number of hydrogen-bond acceptors (Lipinski definition) is 6. The van der Waals surface area contributed by atoms with Crippen LogP contribution in [0, 0.1) is 0 Å². The second kappa shape index (κ2) is 6.38. The molecule has 0 unspecified atom stereocenters. The normalized spacial score (nSPS) is 16.2. The zero-order valence-corrected chi connectivity index (χ0v) is 16.3. The minimum absolute atomic E-state index is 0.733. The molecule has 0 saturated carbocycles. The van der Waals surface area contributed by atoms with E-state index in [9.17, 15) is 0 Å². The van der Waals surface area contributed by atoms with Crippen LogP contribution in [-0.4, -0.2) is 31.3 Å². The van der Waals surface area contributed by atoms with Crippen molar-refractivity contribution in [2.75, 3.05) is 11.4 Å². The Kier molecular flexibility index (Phi) is 3.68. The highest BCUT2D eigenvalue weighted by Gasteiger charge is 2.27. The van der Waals surface area contributed by atoms with Gasteiger partial charge < -0.3 is 9.47 Å². The molecular weight excluding hydrogens is 368 g/mol. The van der Waals surface area contributed by atoms with Gasteiger partial charge in [0.15, 0.2) is 11.6 Å². The third-order valence-electron chi connectivity index (χ3n) is 5.82. The van der Waals surface area contributed by atoms with Gasteiger partial charge in [0.1, 0.15) is 17.0 Å². The van der Waals surface area contributed by atoms with Gasteiger partial charge in [-0.2, -0.15) is 0 Å². The van der Waals surface area contributed by atoms with Gasteiger partial charge in [-0.25, -0.2) is 9.97 Å². The molecule has 0 radical (unpaired) electrons. The van der Waals surface area contributed by atoms with E-state index in [1.165, 1.54) is 35.1 Å². The van der Waals surface area contributed by atoms with Crippen LogP contribution >= 0.6 is 11.3 Å². The zero-order valence-electron chi connectivity index (χ0n) is 15.5. The molecule has 7 heteroatoms. The summed E-state index contributed by atoms with van der Waals surface area (Å²) in [5, 5.41) is 10.2. The van der Waals surface area contributed by atoms with Crippen molar-refractivity contribution in [3.05, 3.63) is 52.9 Å². The number of thiophene rings is 1. The Bertz CT molecular complexity index is 1160. The largest absolute Gasteiger partial charge is 0.347 e. The summed E-state index contributed by atoms with van der Waals surface area (Å²) >= 11 is 1.85. The smallest absolute Gasteiger partial charge is 0.164 e. The van der Waals surface area contributed by atoms with Gasteiger partial charge in [0, 0.05) is 23.5 Å². The van der Waals surface area contributed by atoms with Gasteiger partial charge in [0.2, 0.25) is 0 Å². The Balaban J connectivity index is 1.39. The molecule has 0 atom stereocenters. The first kappa shape index (κ1) is 16.2. The Labute approximate surface area is 166 Å². The average Bonchev–Trinajstić information content (AvgIpc) is 3.35. The summed E-state index contributed by atoms with van der Waals surface area (Å²) in [6.07, 6.45) is 6.61. The Hall–Kier alpha value is -2.80. The molecule has 0 N–H and O–H groups in total. The Morgan fingerprint density at radius 1 is 0.929 bits per heavy atom. The molecule has 4 heterocycles. The van der Waals surface area contributed by atoms with Gasteiger partial charge in [0.25, 0.3) is 0 Å². The van der Waals surface area contributed by atoms with E-state index in [-0.39, 0.29) is 0 Å². The maximum Gasteiger partial charge on any atom is 0.164 e. The van der Waals surface area contributed by atoms with E-state index in [0.717, 1.165) is 53.9 Å². The molecule has 1 aliphatic carbocycles. The summed E-state index contributed by atoms with van der Waals surface area (Å²) in [6.45, 7) is 2.50. The topological polar surface area (TPSA) is 59.7 Å². The molecule has 0 amide bonds. The Morgan fingerprint density at radius 2 is 1.82 bits per heavy atom. The summed E-state index contributed by atoms with van der Waals surface area (Å²) in [7, 11) is 0. The predicted octanol–water partition coefficient (Wildman–Crippen LogP) is 3.85. The number of rotatable bonds is 2. The van der Waals surface area contributed by atoms with Crippen molar-refractivity contribution in [2.24, 2.45) is 0 Å². The molecule has 0 bridgehead atoms. The first-order valence-electron chi connectivity index (χ1n) is 9.86. The van der Waals surface area contributed by atoms with E-state index < -0.39 is 0 Å². The van der Waals surface area contributed by atoms with E-state index in [1.54, 1.807) is 6.33 Å². The van der Waals surface area contributed by atoms with Crippen molar-refractivity contribution < 1.29 is 0 Å². The first-order chi connectivity index (χ1) is 13.9. The SMILES string of the molecule is c1ccc(-c2nnc3n2CCN(c2ncnc4sc5c(c24)CCCC5)C3)cc1. The van der Waals surface area contributed by atoms with Crippen LogP contribution in [-0.2, 0) is 25.9 Å². The lowest BCUT2D eigenvalue weighted by atomic mass is 9.97. The fourth-order valence-corrected chi connectivity index (χ4v) is 5.68. The lowest BCUT2D eigenvalue weighted by Crippen LogP contribution is -2.34. The molecule has 0 fully saturated rings. The van der Waals surface area contributed by atoms with Crippen LogP contribution in [0.15, 0.2) is 36.7 Å². The summed E-state index contributed by atoms with van der Waals surface area (Å²) in [4.78, 5) is 14.3. The number of nitrogens with zero attached hydrogens (tertiary/aromatic N) is 6. The molecule has 0 spiro atoms. The van der Waals surface area contributed by atoms with E-state index in [2.05, 4.69) is 36.8 Å². The van der Waals surface area contributed by atoms with Gasteiger partial charge in [-0.1, -0.05) is 30.3 Å². The minimum atomic E-state index is 0.733. The number of fused-ring (bicyclic) bond motifs is 4. The molecule has 6 nitrogen and oxygen atoms in total. The van der Waals surface area contributed by atoms with Crippen molar-refractivity contribution >= 4 is 27.4 Å². The van der Waals surface area contributed by atoms with Crippen molar-refractivity contribution in [1.29, 1.82) is 0 Å². The second-order valence-electron chi connectivity index (χ2n) is 7.47. The van der Waals surface area contributed by atoms with Gasteiger partial charge in [-0.3, -0.25) is 0 Å². The van der Waals surface area contributed by atoms with E-state index in [4.69, 9.17) is 4.98 Å². The van der Waals surface area contributed by atoms with Gasteiger partial charge in [-0.05, 0) is 31.2 Å². The molecule has 2 aliphatic rings. The highest BCUT2D eigenvalue weighted by Crippen LogP contribution is 2.40. The van der Waals surface area contributed by atoms with Gasteiger partial charge in [0.05, 0.1) is 11.9 Å². The molecule has 1 aromatic carbocycles.